The summed E-state index contributed by atoms with van der Waals surface area (Å²) in [7, 11) is 0. The van der Waals surface area contributed by atoms with Gasteiger partial charge in [0.1, 0.15) is 11.7 Å². The largest absolute Gasteiger partial charge is 0.293 e. The Bertz CT molecular complexity index is 439. The molecule has 0 heterocycles. The number of nitrogens with zero attached hydrogens (tertiary/aromatic N) is 1. The van der Waals surface area contributed by atoms with Gasteiger partial charge in [-0.3, -0.25) is 4.79 Å². The smallest absolute Gasteiger partial charge is 0.182 e. The SMILES string of the molecule is CCCC(C#N)C(=O)c1ccc(Cl)cc1F. The van der Waals surface area contributed by atoms with Gasteiger partial charge in [0, 0.05) is 5.02 Å². The lowest BCUT2D eigenvalue weighted by molar-refractivity contribution is 0.0939. The summed E-state index contributed by atoms with van der Waals surface area (Å²) < 4.78 is 13.4. The van der Waals surface area contributed by atoms with Crippen molar-refractivity contribution < 1.29 is 9.18 Å². The summed E-state index contributed by atoms with van der Waals surface area (Å²) in [6.07, 6.45) is 1.15. The van der Waals surface area contributed by atoms with E-state index in [-0.39, 0.29) is 10.6 Å². The third-order valence-corrected chi connectivity index (χ3v) is 2.48. The number of hydrogen-bond acceptors (Lipinski definition) is 2. The summed E-state index contributed by atoms with van der Waals surface area (Å²) in [5, 5.41) is 9.05. The van der Waals surface area contributed by atoms with Crippen molar-refractivity contribution in [3.63, 3.8) is 0 Å². The molecule has 16 heavy (non-hydrogen) atoms. The zero-order valence-electron chi connectivity index (χ0n) is 8.84. The maximum Gasteiger partial charge on any atom is 0.182 e. The summed E-state index contributed by atoms with van der Waals surface area (Å²) in [6.45, 7) is 1.87. The molecule has 0 aliphatic rings. The van der Waals surface area contributed by atoms with Crippen LogP contribution in [0.3, 0.4) is 0 Å². The molecule has 0 bridgehead atoms. The zero-order valence-corrected chi connectivity index (χ0v) is 9.59. The lowest BCUT2D eigenvalue weighted by Crippen LogP contribution is -2.14. The van der Waals surface area contributed by atoms with Gasteiger partial charge in [-0.15, -0.1) is 0 Å². The van der Waals surface area contributed by atoms with Crippen LogP contribution in [0.4, 0.5) is 4.39 Å². The molecule has 0 saturated carbocycles. The summed E-state index contributed by atoms with van der Waals surface area (Å²) in [6, 6.07) is 5.73. The summed E-state index contributed by atoms with van der Waals surface area (Å²) in [4.78, 5) is 11.8. The second-order valence-electron chi connectivity index (χ2n) is 3.46. The number of halogens is 2. The molecule has 0 spiro atoms. The van der Waals surface area contributed by atoms with Crippen molar-refractivity contribution in [1.82, 2.24) is 0 Å². The number of nitriles is 1. The van der Waals surface area contributed by atoms with Gasteiger partial charge in [0.05, 0.1) is 11.6 Å². The fourth-order valence-corrected chi connectivity index (χ4v) is 1.58. The van der Waals surface area contributed by atoms with E-state index >= 15 is 0 Å². The fraction of sp³-hybridized carbons (Fsp3) is 0.333. The Morgan fingerprint density at radius 1 is 1.62 bits per heavy atom. The van der Waals surface area contributed by atoms with Crippen molar-refractivity contribution in [2.75, 3.05) is 0 Å². The van der Waals surface area contributed by atoms with E-state index in [1.54, 1.807) is 0 Å². The van der Waals surface area contributed by atoms with Gasteiger partial charge in [-0.1, -0.05) is 24.9 Å². The van der Waals surface area contributed by atoms with Crippen molar-refractivity contribution in [2.45, 2.75) is 19.8 Å². The molecule has 0 radical (unpaired) electrons. The Hall–Kier alpha value is -1.40. The highest BCUT2D eigenvalue weighted by Crippen LogP contribution is 2.19. The van der Waals surface area contributed by atoms with E-state index in [4.69, 9.17) is 16.9 Å². The molecular weight excluding hydrogens is 229 g/mol. The number of Topliss-reactive ketones (excluding diaryl/α,β-unsaturated/α-hetero) is 1. The average molecular weight is 240 g/mol. The van der Waals surface area contributed by atoms with Crippen LogP contribution in [-0.2, 0) is 0 Å². The van der Waals surface area contributed by atoms with Crippen LogP contribution in [0.2, 0.25) is 5.02 Å². The normalized spacial score (nSPS) is 11.9. The minimum atomic E-state index is -0.777. The van der Waals surface area contributed by atoms with Crippen molar-refractivity contribution >= 4 is 17.4 Å². The van der Waals surface area contributed by atoms with Gasteiger partial charge in [-0.2, -0.15) is 5.26 Å². The third kappa shape index (κ3) is 2.80. The first-order chi connectivity index (χ1) is 7.60. The van der Waals surface area contributed by atoms with Crippen LogP contribution in [0.15, 0.2) is 18.2 Å². The van der Waals surface area contributed by atoms with Crippen molar-refractivity contribution in [2.24, 2.45) is 5.92 Å². The van der Waals surface area contributed by atoms with Gasteiger partial charge in [0.15, 0.2) is 5.78 Å². The van der Waals surface area contributed by atoms with E-state index in [9.17, 15) is 9.18 Å². The minimum Gasteiger partial charge on any atom is -0.293 e. The van der Waals surface area contributed by atoms with E-state index in [1.807, 2.05) is 13.0 Å². The lowest BCUT2D eigenvalue weighted by Gasteiger charge is -2.07. The molecule has 0 saturated heterocycles. The summed E-state index contributed by atoms with van der Waals surface area (Å²) in [5.74, 6) is -1.92. The first-order valence-electron chi connectivity index (χ1n) is 4.99. The molecule has 84 valence electrons. The van der Waals surface area contributed by atoms with E-state index < -0.39 is 17.5 Å². The molecule has 1 atom stereocenters. The fourth-order valence-electron chi connectivity index (χ4n) is 1.42. The van der Waals surface area contributed by atoms with E-state index in [0.29, 0.717) is 12.8 Å². The second kappa shape index (κ2) is 5.62. The molecule has 1 unspecified atom stereocenters. The number of ketones is 1. The van der Waals surface area contributed by atoms with Crippen LogP contribution >= 0.6 is 11.6 Å². The third-order valence-electron chi connectivity index (χ3n) is 2.25. The molecule has 4 heteroatoms. The number of benzene rings is 1. The minimum absolute atomic E-state index is 0.0654. The lowest BCUT2D eigenvalue weighted by atomic mass is 9.94. The van der Waals surface area contributed by atoms with Crippen LogP contribution in [0, 0.1) is 23.1 Å². The molecule has 1 aromatic carbocycles. The standard InChI is InChI=1S/C12H11ClFNO/c1-2-3-8(7-15)12(16)10-5-4-9(13)6-11(10)14/h4-6,8H,2-3H2,1H3. The Morgan fingerprint density at radius 2 is 2.31 bits per heavy atom. The zero-order chi connectivity index (χ0) is 12.1. The van der Waals surface area contributed by atoms with E-state index in [2.05, 4.69) is 0 Å². The maximum atomic E-state index is 13.4. The van der Waals surface area contributed by atoms with Crippen LogP contribution in [0.1, 0.15) is 30.1 Å². The van der Waals surface area contributed by atoms with Gasteiger partial charge in [-0.25, -0.2) is 4.39 Å². The first-order valence-corrected chi connectivity index (χ1v) is 5.36. The molecule has 1 rings (SSSR count). The Labute approximate surface area is 98.6 Å². The average Bonchev–Trinajstić information content (AvgIpc) is 2.25. The quantitative estimate of drug-likeness (QED) is 0.754. The highest BCUT2D eigenvalue weighted by Gasteiger charge is 2.21. The molecule has 0 amide bonds. The number of hydrogen-bond donors (Lipinski definition) is 0. The van der Waals surface area contributed by atoms with Gasteiger partial charge in [-0.05, 0) is 24.6 Å². The topological polar surface area (TPSA) is 40.9 Å². The molecule has 1 aromatic rings. The molecular formula is C12H11ClFNO. The number of rotatable bonds is 4. The summed E-state index contributed by atoms with van der Waals surface area (Å²) in [5.41, 5.74) is -0.0654. The maximum absolute atomic E-state index is 13.4. The van der Waals surface area contributed by atoms with Crippen LogP contribution < -0.4 is 0 Å². The van der Waals surface area contributed by atoms with Gasteiger partial charge in [0.25, 0.3) is 0 Å². The molecule has 0 aliphatic heterocycles. The van der Waals surface area contributed by atoms with Crippen molar-refractivity contribution in [1.29, 1.82) is 5.26 Å². The molecule has 0 aliphatic carbocycles. The predicted molar refractivity (Wildman–Crippen MR) is 59.8 cm³/mol. The number of carbonyl (C=O) groups excluding carboxylic acids is 1. The van der Waals surface area contributed by atoms with Crippen molar-refractivity contribution in [3.8, 4) is 6.07 Å². The Balaban J connectivity index is 3.00. The highest BCUT2D eigenvalue weighted by atomic mass is 35.5. The molecule has 0 aromatic heterocycles. The second-order valence-corrected chi connectivity index (χ2v) is 3.90. The van der Waals surface area contributed by atoms with Crippen LogP contribution in [0.5, 0.6) is 0 Å². The first kappa shape index (κ1) is 12.7. The van der Waals surface area contributed by atoms with Crippen LogP contribution in [-0.4, -0.2) is 5.78 Å². The highest BCUT2D eigenvalue weighted by molar-refractivity contribution is 6.30. The van der Waals surface area contributed by atoms with Crippen molar-refractivity contribution in [3.05, 3.63) is 34.6 Å². The van der Waals surface area contributed by atoms with Crippen LogP contribution in [0.25, 0.3) is 0 Å². The Kier molecular flexibility index (Phi) is 4.45. The van der Waals surface area contributed by atoms with Gasteiger partial charge >= 0.3 is 0 Å². The number of carbonyl (C=O) groups is 1. The molecule has 0 fully saturated rings. The predicted octanol–water partition coefficient (Wildman–Crippen LogP) is 3.60. The van der Waals surface area contributed by atoms with E-state index in [0.717, 1.165) is 6.07 Å². The summed E-state index contributed by atoms with van der Waals surface area (Å²) >= 11 is 5.58. The molecule has 0 N–H and O–H groups in total. The molecule has 2 nitrogen and oxygen atoms in total. The Morgan fingerprint density at radius 3 is 2.81 bits per heavy atom. The van der Waals surface area contributed by atoms with E-state index in [1.165, 1.54) is 12.1 Å². The van der Waals surface area contributed by atoms with Gasteiger partial charge < -0.3 is 0 Å². The van der Waals surface area contributed by atoms with Gasteiger partial charge in [0.2, 0.25) is 0 Å². The monoisotopic (exact) mass is 239 g/mol.